The topological polar surface area (TPSA) is 184 Å². The van der Waals surface area contributed by atoms with Crippen molar-refractivity contribution in [1.82, 2.24) is 14.6 Å². The molecule has 216 valence electrons. The predicted molar refractivity (Wildman–Crippen MR) is 145 cm³/mol. The monoisotopic (exact) mass is 576 g/mol. The first-order valence-electron chi connectivity index (χ1n) is 12.7. The molecule has 0 spiro atoms. The van der Waals surface area contributed by atoms with E-state index in [1.807, 2.05) is 18.2 Å². The highest BCUT2D eigenvalue weighted by Gasteiger charge is 2.49. The average Bonchev–Trinajstić information content (AvgIpc) is 3.18. The lowest BCUT2D eigenvalue weighted by molar-refractivity contribution is -0.149. The van der Waals surface area contributed by atoms with Crippen LogP contribution in [0.2, 0.25) is 0 Å². The van der Waals surface area contributed by atoms with Crippen molar-refractivity contribution in [1.29, 1.82) is 0 Å². The van der Waals surface area contributed by atoms with Crippen LogP contribution in [0, 0.1) is 0 Å². The zero-order valence-electron chi connectivity index (χ0n) is 22.4. The van der Waals surface area contributed by atoms with Gasteiger partial charge in [0.1, 0.15) is 35.9 Å². The van der Waals surface area contributed by atoms with Crippen LogP contribution in [0.5, 0.6) is 5.75 Å². The minimum atomic E-state index is -4.38. The number of aliphatic hydroxyl groups is 2. The maximum atomic E-state index is 14.2. The lowest BCUT2D eigenvalue weighted by Crippen LogP contribution is -2.41. The third-order valence-electron chi connectivity index (χ3n) is 6.19. The molecule has 2 heterocycles. The van der Waals surface area contributed by atoms with E-state index in [4.69, 9.17) is 24.3 Å². The van der Waals surface area contributed by atoms with Crippen molar-refractivity contribution < 1.29 is 38.1 Å². The minimum Gasteiger partial charge on any atom is -0.462 e. The van der Waals surface area contributed by atoms with Crippen molar-refractivity contribution in [3.8, 4) is 5.75 Å². The lowest BCUT2D eigenvalue weighted by atomic mass is 10.1. The van der Waals surface area contributed by atoms with Crippen molar-refractivity contribution >= 4 is 30.3 Å². The SMILES string of the molecule is CC(C)OC(=O)[C@H](C)NP(=O)(Oc1cccc2ccccc12)O[C@@H](C)[C@H]1O[C@@H](n2ccc(N)nc2=O)[C@H](O)[C@@H]1O. The third kappa shape index (κ3) is 6.52. The Morgan fingerprint density at radius 1 is 1.10 bits per heavy atom. The zero-order chi connectivity index (χ0) is 29.2. The Morgan fingerprint density at radius 3 is 2.50 bits per heavy atom. The van der Waals surface area contributed by atoms with E-state index >= 15 is 0 Å². The number of anilines is 1. The maximum absolute atomic E-state index is 14.2. The number of hydrogen-bond acceptors (Lipinski definition) is 11. The molecule has 1 aromatic heterocycles. The molecular formula is C26H33N4O9P. The summed E-state index contributed by atoms with van der Waals surface area (Å²) in [6.45, 7) is 6.25. The number of esters is 1. The second-order valence-corrected chi connectivity index (χ2v) is 11.4. The van der Waals surface area contributed by atoms with Gasteiger partial charge in [-0.15, -0.1) is 0 Å². The number of nitrogen functional groups attached to an aromatic ring is 1. The molecule has 0 saturated carbocycles. The molecule has 40 heavy (non-hydrogen) atoms. The van der Waals surface area contributed by atoms with Crippen molar-refractivity contribution in [3.05, 3.63) is 65.2 Å². The molecule has 2 aromatic carbocycles. The van der Waals surface area contributed by atoms with Crippen LogP contribution in [0.15, 0.2) is 59.5 Å². The van der Waals surface area contributed by atoms with Gasteiger partial charge in [-0.2, -0.15) is 10.1 Å². The molecule has 0 aliphatic carbocycles. The Labute approximate surface area is 230 Å². The summed E-state index contributed by atoms with van der Waals surface area (Å²) in [6.07, 6.45) is -5.98. The second kappa shape index (κ2) is 12.0. The lowest BCUT2D eigenvalue weighted by Gasteiger charge is -2.29. The van der Waals surface area contributed by atoms with E-state index in [0.29, 0.717) is 5.39 Å². The van der Waals surface area contributed by atoms with E-state index in [1.54, 1.807) is 38.1 Å². The number of fused-ring (bicyclic) bond motifs is 1. The van der Waals surface area contributed by atoms with Crippen LogP contribution in [-0.2, 0) is 23.4 Å². The quantitative estimate of drug-likeness (QED) is 0.204. The predicted octanol–water partition coefficient (Wildman–Crippen LogP) is 2.12. The summed E-state index contributed by atoms with van der Waals surface area (Å²) in [5, 5.41) is 25.5. The number of nitrogens with two attached hydrogens (primary N) is 1. The first-order valence-corrected chi connectivity index (χ1v) is 14.2. The van der Waals surface area contributed by atoms with Gasteiger partial charge in [0.15, 0.2) is 6.23 Å². The molecule has 14 heteroatoms. The molecule has 1 aliphatic heterocycles. The highest BCUT2D eigenvalue weighted by atomic mass is 31.2. The van der Waals surface area contributed by atoms with E-state index in [1.165, 1.54) is 26.1 Å². The normalized spacial score (nSPS) is 24.0. The molecule has 0 amide bonds. The number of benzene rings is 2. The number of carbonyl (C=O) groups is 1. The molecule has 1 unspecified atom stereocenters. The van der Waals surface area contributed by atoms with E-state index in [9.17, 15) is 24.4 Å². The molecule has 0 radical (unpaired) electrons. The van der Waals surface area contributed by atoms with Gasteiger partial charge in [0.05, 0.1) is 12.2 Å². The highest BCUT2D eigenvalue weighted by molar-refractivity contribution is 7.52. The molecular weight excluding hydrogens is 543 g/mol. The van der Waals surface area contributed by atoms with Crippen molar-refractivity contribution in [3.63, 3.8) is 0 Å². The van der Waals surface area contributed by atoms with Crippen LogP contribution in [-0.4, -0.2) is 62.3 Å². The first kappa shape index (κ1) is 29.7. The summed E-state index contributed by atoms with van der Waals surface area (Å²) in [5.74, 6) is -0.489. The molecule has 13 nitrogen and oxygen atoms in total. The van der Waals surface area contributed by atoms with Gasteiger partial charge in [-0.05, 0) is 45.2 Å². The van der Waals surface area contributed by atoms with Crippen LogP contribution in [0.3, 0.4) is 0 Å². The number of ether oxygens (including phenoxy) is 2. The van der Waals surface area contributed by atoms with Crippen molar-refractivity contribution in [2.75, 3.05) is 5.73 Å². The second-order valence-electron chi connectivity index (χ2n) is 9.73. The number of aromatic nitrogens is 2. The summed E-state index contributed by atoms with van der Waals surface area (Å²) in [7, 11) is -4.38. The summed E-state index contributed by atoms with van der Waals surface area (Å²) in [4.78, 5) is 28.4. The van der Waals surface area contributed by atoms with Gasteiger partial charge in [0, 0.05) is 11.6 Å². The average molecular weight is 577 g/mol. The van der Waals surface area contributed by atoms with Crippen molar-refractivity contribution in [2.24, 2.45) is 0 Å². The third-order valence-corrected chi connectivity index (χ3v) is 7.94. The maximum Gasteiger partial charge on any atom is 0.459 e. The number of aliphatic hydroxyl groups excluding tert-OH is 2. The summed E-state index contributed by atoms with van der Waals surface area (Å²) >= 11 is 0. The van der Waals surface area contributed by atoms with Crippen LogP contribution >= 0.6 is 7.75 Å². The first-order chi connectivity index (χ1) is 18.9. The molecule has 3 aromatic rings. The van der Waals surface area contributed by atoms with E-state index in [-0.39, 0.29) is 11.6 Å². The summed E-state index contributed by atoms with van der Waals surface area (Å²) in [5.41, 5.74) is 4.74. The summed E-state index contributed by atoms with van der Waals surface area (Å²) in [6, 6.07) is 12.7. The number of nitrogens with zero attached hydrogens (tertiary/aromatic N) is 2. The molecule has 0 bridgehead atoms. The fourth-order valence-corrected chi connectivity index (χ4v) is 6.02. The molecule has 1 saturated heterocycles. The highest BCUT2D eigenvalue weighted by Crippen LogP contribution is 2.49. The molecule has 7 atom stereocenters. The largest absolute Gasteiger partial charge is 0.462 e. The van der Waals surface area contributed by atoms with Gasteiger partial charge in [-0.25, -0.2) is 9.36 Å². The van der Waals surface area contributed by atoms with Gasteiger partial charge in [-0.3, -0.25) is 13.9 Å². The Kier molecular flexibility index (Phi) is 8.93. The van der Waals surface area contributed by atoms with Crippen molar-refractivity contribution in [2.45, 2.75) is 70.5 Å². The Hall–Kier alpha value is -3.32. The van der Waals surface area contributed by atoms with Crippen LogP contribution in [0.4, 0.5) is 5.82 Å². The Morgan fingerprint density at radius 2 is 1.80 bits per heavy atom. The number of hydrogen-bond donors (Lipinski definition) is 4. The van der Waals surface area contributed by atoms with E-state index in [2.05, 4.69) is 10.1 Å². The van der Waals surface area contributed by atoms with Crippen LogP contribution in [0.25, 0.3) is 10.8 Å². The molecule has 4 rings (SSSR count). The molecule has 1 fully saturated rings. The smallest absolute Gasteiger partial charge is 0.459 e. The van der Waals surface area contributed by atoms with Gasteiger partial charge in [0.2, 0.25) is 0 Å². The number of nitrogens with one attached hydrogen (secondary N) is 1. The minimum absolute atomic E-state index is 0.0229. The Bertz CT molecular complexity index is 1460. The van der Waals surface area contributed by atoms with Gasteiger partial charge >= 0.3 is 19.4 Å². The Balaban J connectivity index is 1.61. The number of carbonyl (C=O) groups excluding carboxylic acids is 1. The fraction of sp³-hybridized carbons (Fsp3) is 0.423. The fourth-order valence-electron chi connectivity index (χ4n) is 4.31. The van der Waals surface area contributed by atoms with Gasteiger partial charge in [0.25, 0.3) is 0 Å². The van der Waals surface area contributed by atoms with Gasteiger partial charge < -0.3 is 29.9 Å². The number of rotatable bonds is 10. The standard InChI is InChI=1S/C26H33N4O9P/c1-14(2)36-25(33)15(3)29-40(35,39-19-11-7-9-17-8-5-6-10-18(17)19)38-16(4)23-21(31)22(32)24(37-23)30-13-12-20(27)28-26(30)34/h5-16,21-24,31-32H,1-4H3,(H,29,35)(H2,27,28,34)/t15-,16-,21-,22+,23+,24+,40?/m0/s1. The van der Waals surface area contributed by atoms with E-state index in [0.717, 1.165) is 9.95 Å². The van der Waals surface area contributed by atoms with E-state index < -0.39 is 62.2 Å². The molecule has 5 N–H and O–H groups in total. The summed E-state index contributed by atoms with van der Waals surface area (Å²) < 4.78 is 37.9. The zero-order valence-corrected chi connectivity index (χ0v) is 23.3. The van der Waals surface area contributed by atoms with Crippen LogP contribution in [0.1, 0.15) is 33.9 Å². The molecule has 1 aliphatic rings. The van der Waals surface area contributed by atoms with Gasteiger partial charge in [-0.1, -0.05) is 36.4 Å². The van der Waals surface area contributed by atoms with Crippen LogP contribution < -0.4 is 21.0 Å².